The fraction of sp³-hybridized carbons (Fsp3) is 0.159. The number of rotatable bonds is 4. The highest BCUT2D eigenvalue weighted by molar-refractivity contribution is 6.21. The van der Waals surface area contributed by atoms with Crippen molar-refractivity contribution in [1.29, 1.82) is 0 Å². The van der Waals surface area contributed by atoms with Gasteiger partial charge in [-0.15, -0.1) is 0 Å². The fourth-order valence-corrected chi connectivity index (χ4v) is 12.7. The Bertz CT molecular complexity index is 3960. The normalized spacial score (nSPS) is 15.4. The van der Waals surface area contributed by atoms with Gasteiger partial charge in [0.15, 0.2) is 0 Å². The number of para-hydroxylation sites is 2. The van der Waals surface area contributed by atoms with Crippen LogP contribution in [0, 0.1) is 6.92 Å². The summed E-state index contributed by atoms with van der Waals surface area (Å²) in [5.41, 5.74) is 25.1. The first-order valence-corrected chi connectivity index (χ1v) is 23.6. The SMILES string of the molecule is Cc1ccc(N(c2ccc3c(c2)C(C)(C)c2cc(-c4ccccn4)c4oc5ccccc5c4c2-3)c2ccc3c(c2)C(C)(C)c2c4c(c5oc6ccccc6c5c2-3)-c2ccccc2C4(C)C)cc1. The molecule has 0 unspecified atom stereocenters. The van der Waals surface area contributed by atoms with Crippen molar-refractivity contribution in [3.63, 3.8) is 0 Å². The minimum atomic E-state index is -0.319. The Morgan fingerprint density at radius 3 is 1.64 bits per heavy atom. The van der Waals surface area contributed by atoms with E-state index in [1.54, 1.807) is 0 Å². The Morgan fingerprint density at radius 1 is 0.418 bits per heavy atom. The average molecular weight is 865 g/mol. The predicted molar refractivity (Wildman–Crippen MR) is 276 cm³/mol. The van der Waals surface area contributed by atoms with E-state index in [0.717, 1.165) is 61.4 Å². The second-order valence-electron chi connectivity index (χ2n) is 20.7. The molecule has 4 nitrogen and oxygen atoms in total. The van der Waals surface area contributed by atoms with Crippen LogP contribution in [0.25, 0.3) is 88.5 Å². The van der Waals surface area contributed by atoms with Crippen LogP contribution in [0.4, 0.5) is 17.1 Å². The van der Waals surface area contributed by atoms with Crippen LogP contribution in [0.2, 0.25) is 0 Å². The van der Waals surface area contributed by atoms with Crippen LogP contribution in [-0.2, 0) is 16.2 Å². The molecule has 11 aromatic rings. The molecule has 3 aromatic heterocycles. The van der Waals surface area contributed by atoms with Crippen LogP contribution >= 0.6 is 0 Å². The second kappa shape index (κ2) is 13.0. The average Bonchev–Trinajstić information content (AvgIpc) is 4.09. The van der Waals surface area contributed by atoms with Crippen molar-refractivity contribution in [2.24, 2.45) is 0 Å². The monoisotopic (exact) mass is 864 g/mol. The van der Waals surface area contributed by atoms with Crippen LogP contribution in [0.1, 0.15) is 80.5 Å². The first-order chi connectivity index (χ1) is 32.4. The van der Waals surface area contributed by atoms with Crippen LogP contribution < -0.4 is 4.90 Å². The molecule has 0 aliphatic heterocycles. The molecule has 67 heavy (non-hydrogen) atoms. The summed E-state index contributed by atoms with van der Waals surface area (Å²) in [5.74, 6) is 0. The van der Waals surface area contributed by atoms with Gasteiger partial charge in [0.25, 0.3) is 0 Å². The molecule has 3 aliphatic rings. The number of fused-ring (bicyclic) bond motifs is 19. The summed E-state index contributed by atoms with van der Waals surface area (Å²) in [7, 11) is 0. The summed E-state index contributed by atoms with van der Waals surface area (Å²) < 4.78 is 13.7. The number of aryl methyl sites for hydroxylation is 1. The Labute approximate surface area is 390 Å². The maximum Gasteiger partial charge on any atom is 0.145 e. The molecular weight excluding hydrogens is 817 g/mol. The molecule has 0 atom stereocenters. The molecule has 0 fully saturated rings. The summed E-state index contributed by atoms with van der Waals surface area (Å²) in [6.07, 6.45) is 1.87. The second-order valence-corrected chi connectivity index (χ2v) is 20.7. The highest BCUT2D eigenvalue weighted by Crippen LogP contribution is 2.64. The zero-order valence-electron chi connectivity index (χ0n) is 38.8. The van der Waals surface area contributed by atoms with Gasteiger partial charge in [-0.25, -0.2) is 0 Å². The molecule has 8 aromatic carbocycles. The quantitative estimate of drug-likeness (QED) is 0.177. The van der Waals surface area contributed by atoms with Gasteiger partial charge in [-0.2, -0.15) is 0 Å². The number of furan rings is 2. The first kappa shape index (κ1) is 38.6. The van der Waals surface area contributed by atoms with Gasteiger partial charge in [0.2, 0.25) is 0 Å². The van der Waals surface area contributed by atoms with E-state index in [1.807, 2.05) is 12.3 Å². The number of pyridine rings is 1. The lowest BCUT2D eigenvalue weighted by molar-refractivity contribution is 0.600. The summed E-state index contributed by atoms with van der Waals surface area (Å²) in [5, 5.41) is 4.67. The Kier molecular flexibility index (Phi) is 7.49. The van der Waals surface area contributed by atoms with Gasteiger partial charge in [-0.1, -0.05) is 138 Å². The largest absolute Gasteiger partial charge is 0.455 e. The summed E-state index contributed by atoms with van der Waals surface area (Å²) >= 11 is 0. The third kappa shape index (κ3) is 4.95. The Morgan fingerprint density at radius 2 is 0.955 bits per heavy atom. The molecule has 0 amide bonds. The van der Waals surface area contributed by atoms with Gasteiger partial charge >= 0.3 is 0 Å². The van der Waals surface area contributed by atoms with Gasteiger partial charge in [0.05, 0.1) is 5.69 Å². The van der Waals surface area contributed by atoms with E-state index < -0.39 is 0 Å². The molecule has 0 spiro atoms. The lowest BCUT2D eigenvalue weighted by atomic mass is 9.72. The van der Waals surface area contributed by atoms with E-state index in [1.165, 1.54) is 83.1 Å². The molecule has 0 radical (unpaired) electrons. The van der Waals surface area contributed by atoms with Gasteiger partial charge in [0.1, 0.15) is 22.3 Å². The number of aromatic nitrogens is 1. The van der Waals surface area contributed by atoms with Crippen molar-refractivity contribution < 1.29 is 8.83 Å². The van der Waals surface area contributed by atoms with Gasteiger partial charge in [-0.05, 0) is 135 Å². The molecule has 3 heterocycles. The third-order valence-corrected chi connectivity index (χ3v) is 15.9. The van der Waals surface area contributed by atoms with Crippen molar-refractivity contribution in [1.82, 2.24) is 4.98 Å². The van der Waals surface area contributed by atoms with Gasteiger partial charge < -0.3 is 13.7 Å². The third-order valence-electron chi connectivity index (χ3n) is 15.9. The summed E-state index contributed by atoms with van der Waals surface area (Å²) in [6, 6.07) is 57.8. The smallest absolute Gasteiger partial charge is 0.145 e. The molecule has 14 rings (SSSR count). The zero-order chi connectivity index (χ0) is 45.3. The predicted octanol–water partition coefficient (Wildman–Crippen LogP) is 17.2. The molecule has 3 aliphatic carbocycles. The van der Waals surface area contributed by atoms with Crippen LogP contribution in [0.5, 0.6) is 0 Å². The van der Waals surface area contributed by atoms with Crippen molar-refractivity contribution in [3.05, 3.63) is 203 Å². The van der Waals surface area contributed by atoms with Crippen molar-refractivity contribution in [2.75, 3.05) is 4.90 Å². The minimum absolute atomic E-state index is 0.221. The van der Waals surface area contributed by atoms with E-state index in [2.05, 4.69) is 205 Å². The number of benzene rings is 8. The van der Waals surface area contributed by atoms with Gasteiger partial charge in [0, 0.05) is 72.2 Å². The lowest BCUT2D eigenvalue weighted by Gasteiger charge is -2.32. The Balaban J connectivity index is 0.988. The van der Waals surface area contributed by atoms with Gasteiger partial charge in [-0.3, -0.25) is 4.98 Å². The lowest BCUT2D eigenvalue weighted by Crippen LogP contribution is -2.24. The summed E-state index contributed by atoms with van der Waals surface area (Å²) in [6.45, 7) is 16.6. The van der Waals surface area contributed by atoms with E-state index >= 15 is 0 Å². The maximum absolute atomic E-state index is 6.97. The zero-order valence-corrected chi connectivity index (χ0v) is 38.8. The summed E-state index contributed by atoms with van der Waals surface area (Å²) in [4.78, 5) is 7.30. The highest BCUT2D eigenvalue weighted by Gasteiger charge is 2.49. The fourth-order valence-electron chi connectivity index (χ4n) is 12.7. The number of hydrogen-bond donors (Lipinski definition) is 0. The minimum Gasteiger partial charge on any atom is -0.455 e. The van der Waals surface area contributed by atoms with E-state index in [0.29, 0.717) is 0 Å². The molecular formula is C63H48N2O2. The van der Waals surface area contributed by atoms with Crippen LogP contribution in [0.3, 0.4) is 0 Å². The van der Waals surface area contributed by atoms with Crippen LogP contribution in [-0.4, -0.2) is 4.98 Å². The molecule has 0 saturated heterocycles. The standard InChI is InChI=1S/C63H48N2O2/c1-35-23-25-36(26-24-35)65(37-27-29-40-46(32-37)61(2,3)48-34-44(49-20-14-15-31-64-49)59-54(52(40)48)42-17-9-12-21-50(42)66-59)38-28-30-41-47(33-38)63(6,7)57-53(41)55-43-18-10-13-22-51(43)67-60(55)56-39-16-8-11-19-45(39)62(4,5)58(56)57/h8-34H,1-7H3. The van der Waals surface area contributed by atoms with E-state index in [-0.39, 0.29) is 16.2 Å². The Hall–Kier alpha value is -7.69. The molecule has 0 bridgehead atoms. The topological polar surface area (TPSA) is 42.4 Å². The first-order valence-electron chi connectivity index (χ1n) is 23.6. The molecule has 4 heteroatoms. The van der Waals surface area contributed by atoms with Crippen molar-refractivity contribution in [3.8, 4) is 44.6 Å². The van der Waals surface area contributed by atoms with E-state index in [9.17, 15) is 0 Å². The molecule has 0 saturated carbocycles. The molecule has 322 valence electrons. The van der Waals surface area contributed by atoms with Crippen molar-refractivity contribution >= 4 is 60.9 Å². The van der Waals surface area contributed by atoms with E-state index in [4.69, 9.17) is 13.8 Å². The number of nitrogens with zero attached hydrogens (tertiary/aromatic N) is 2. The number of hydrogen-bond acceptors (Lipinski definition) is 4. The number of anilines is 3. The molecule has 0 N–H and O–H groups in total. The van der Waals surface area contributed by atoms with Crippen molar-refractivity contribution in [2.45, 2.75) is 64.7 Å². The van der Waals surface area contributed by atoms with Crippen LogP contribution in [0.15, 0.2) is 173 Å². The highest BCUT2D eigenvalue weighted by atomic mass is 16.3. The maximum atomic E-state index is 6.97.